The van der Waals surface area contributed by atoms with Crippen LogP contribution in [0.15, 0.2) is 53.7 Å². The molecule has 0 unspecified atom stereocenters. The van der Waals surface area contributed by atoms with Gasteiger partial charge in [-0.3, -0.25) is 9.78 Å². The molecule has 0 saturated carbocycles. The summed E-state index contributed by atoms with van der Waals surface area (Å²) >= 11 is 6.09. The largest absolute Gasteiger partial charge is 0.342 e. The van der Waals surface area contributed by atoms with Crippen molar-refractivity contribution in [3.8, 4) is 0 Å². The molecule has 4 heteroatoms. The standard InChI is InChI=1S/C26H31ClN2O/c1-18-6-8-23(14-19(18)2)26(30)29-12-10-22(11-13-29)25-9-7-21(17-28-25)15-20-4-3-5-24(27)16-20/h3-5,7,9,16-17,22-23H,6,8,10-15H2,1-2H3/t23-/m1/s1. The molecule has 1 atom stereocenters. The normalized spacial score (nSPS) is 20.5. The maximum atomic E-state index is 13.0. The number of allylic oxidation sites excluding steroid dienone is 2. The molecular formula is C26H31ClN2O. The van der Waals surface area contributed by atoms with E-state index in [1.54, 1.807) is 0 Å². The van der Waals surface area contributed by atoms with E-state index in [-0.39, 0.29) is 5.92 Å². The molecule has 1 aromatic carbocycles. The minimum Gasteiger partial charge on any atom is -0.342 e. The zero-order valence-electron chi connectivity index (χ0n) is 18.0. The van der Waals surface area contributed by atoms with Crippen molar-refractivity contribution < 1.29 is 4.79 Å². The highest BCUT2D eigenvalue weighted by Crippen LogP contribution is 2.33. The van der Waals surface area contributed by atoms with E-state index in [1.807, 2.05) is 24.4 Å². The lowest BCUT2D eigenvalue weighted by Crippen LogP contribution is -2.42. The fourth-order valence-corrected chi connectivity index (χ4v) is 4.99. The molecular weight excluding hydrogens is 392 g/mol. The quantitative estimate of drug-likeness (QED) is 0.552. The number of amides is 1. The van der Waals surface area contributed by atoms with E-state index in [0.717, 1.165) is 62.3 Å². The number of likely N-dealkylation sites (tertiary alicyclic amines) is 1. The molecule has 0 bridgehead atoms. The topological polar surface area (TPSA) is 33.2 Å². The van der Waals surface area contributed by atoms with Crippen LogP contribution in [0, 0.1) is 5.92 Å². The van der Waals surface area contributed by atoms with Crippen LogP contribution < -0.4 is 0 Å². The Morgan fingerprint density at radius 1 is 1.07 bits per heavy atom. The van der Waals surface area contributed by atoms with Crippen molar-refractivity contribution in [2.75, 3.05) is 13.1 Å². The van der Waals surface area contributed by atoms with Crippen molar-refractivity contribution in [1.82, 2.24) is 9.88 Å². The Morgan fingerprint density at radius 3 is 2.53 bits per heavy atom. The number of hydrogen-bond acceptors (Lipinski definition) is 2. The van der Waals surface area contributed by atoms with Crippen LogP contribution in [-0.4, -0.2) is 28.9 Å². The number of nitrogens with zero attached hydrogens (tertiary/aromatic N) is 2. The van der Waals surface area contributed by atoms with Gasteiger partial charge in [0.25, 0.3) is 0 Å². The molecule has 1 aliphatic heterocycles. The van der Waals surface area contributed by atoms with Gasteiger partial charge >= 0.3 is 0 Å². The Labute approximate surface area is 185 Å². The molecule has 1 fully saturated rings. The van der Waals surface area contributed by atoms with Crippen molar-refractivity contribution in [3.63, 3.8) is 0 Å². The average molecular weight is 423 g/mol. The fraction of sp³-hybridized carbons (Fsp3) is 0.462. The van der Waals surface area contributed by atoms with E-state index in [0.29, 0.717) is 11.8 Å². The summed E-state index contributed by atoms with van der Waals surface area (Å²) in [6.07, 6.45) is 7.88. The molecule has 0 radical (unpaired) electrons. The Balaban J connectivity index is 1.31. The molecule has 0 spiro atoms. The Bertz CT molecular complexity index is 926. The summed E-state index contributed by atoms with van der Waals surface area (Å²) in [5.41, 5.74) is 6.44. The van der Waals surface area contributed by atoms with Crippen LogP contribution in [0.1, 0.15) is 68.7 Å². The minimum absolute atomic E-state index is 0.189. The minimum atomic E-state index is 0.189. The molecule has 158 valence electrons. The van der Waals surface area contributed by atoms with Gasteiger partial charge in [0.05, 0.1) is 0 Å². The van der Waals surface area contributed by atoms with Crippen LogP contribution in [0.3, 0.4) is 0 Å². The van der Waals surface area contributed by atoms with E-state index < -0.39 is 0 Å². The van der Waals surface area contributed by atoms with Crippen LogP contribution in [-0.2, 0) is 11.2 Å². The number of rotatable bonds is 4. The first-order valence-electron chi connectivity index (χ1n) is 11.1. The van der Waals surface area contributed by atoms with Crippen molar-refractivity contribution in [1.29, 1.82) is 0 Å². The summed E-state index contributed by atoms with van der Waals surface area (Å²) in [4.78, 5) is 19.8. The fourth-order valence-electron chi connectivity index (χ4n) is 4.78. The van der Waals surface area contributed by atoms with Gasteiger partial charge < -0.3 is 4.90 Å². The first-order valence-corrected chi connectivity index (χ1v) is 11.5. The van der Waals surface area contributed by atoms with Gasteiger partial charge in [0, 0.05) is 41.8 Å². The molecule has 1 aliphatic carbocycles. The lowest BCUT2D eigenvalue weighted by Gasteiger charge is -2.35. The lowest BCUT2D eigenvalue weighted by molar-refractivity contribution is -0.137. The summed E-state index contributed by atoms with van der Waals surface area (Å²) in [6.45, 7) is 6.10. The second kappa shape index (κ2) is 9.34. The molecule has 1 amide bonds. The third-order valence-electron chi connectivity index (χ3n) is 6.87. The van der Waals surface area contributed by atoms with Crippen LogP contribution >= 0.6 is 11.6 Å². The van der Waals surface area contributed by atoms with E-state index in [4.69, 9.17) is 16.6 Å². The van der Waals surface area contributed by atoms with Crippen molar-refractivity contribution in [2.24, 2.45) is 5.92 Å². The van der Waals surface area contributed by atoms with Crippen molar-refractivity contribution >= 4 is 17.5 Å². The highest BCUT2D eigenvalue weighted by Gasteiger charge is 2.30. The molecule has 4 rings (SSSR count). The summed E-state index contributed by atoms with van der Waals surface area (Å²) < 4.78 is 0. The van der Waals surface area contributed by atoms with Gasteiger partial charge in [0.15, 0.2) is 0 Å². The number of piperidine rings is 1. The molecule has 30 heavy (non-hydrogen) atoms. The first kappa shape index (κ1) is 21.1. The van der Waals surface area contributed by atoms with E-state index in [2.05, 4.69) is 36.9 Å². The maximum Gasteiger partial charge on any atom is 0.226 e. The summed E-state index contributed by atoms with van der Waals surface area (Å²) in [5.74, 6) is 1.00. The highest BCUT2D eigenvalue weighted by molar-refractivity contribution is 6.30. The molecule has 2 aromatic rings. The highest BCUT2D eigenvalue weighted by atomic mass is 35.5. The molecule has 0 N–H and O–H groups in total. The Kier molecular flexibility index (Phi) is 6.58. The van der Waals surface area contributed by atoms with E-state index in [9.17, 15) is 4.79 Å². The SMILES string of the molecule is CC1=C(C)C[C@H](C(=O)N2CCC(c3ccc(Cc4cccc(Cl)c4)cn3)CC2)CC1. The van der Waals surface area contributed by atoms with Crippen molar-refractivity contribution in [3.05, 3.63) is 75.6 Å². The van der Waals surface area contributed by atoms with Crippen LogP contribution in [0.2, 0.25) is 5.02 Å². The number of hydrogen-bond donors (Lipinski definition) is 0. The summed E-state index contributed by atoms with van der Waals surface area (Å²) in [6, 6.07) is 12.3. The Hall–Kier alpha value is -2.13. The predicted octanol–water partition coefficient (Wildman–Crippen LogP) is 6.17. The summed E-state index contributed by atoms with van der Waals surface area (Å²) in [7, 11) is 0. The van der Waals surface area contributed by atoms with Gasteiger partial charge in [-0.2, -0.15) is 0 Å². The number of halogens is 1. The Morgan fingerprint density at radius 2 is 1.87 bits per heavy atom. The third-order valence-corrected chi connectivity index (χ3v) is 7.10. The number of carbonyl (C=O) groups excluding carboxylic acids is 1. The van der Waals surface area contributed by atoms with Crippen LogP contribution in [0.4, 0.5) is 0 Å². The van der Waals surface area contributed by atoms with E-state index in [1.165, 1.54) is 22.3 Å². The van der Waals surface area contributed by atoms with Gasteiger partial charge in [-0.05, 0) is 81.7 Å². The van der Waals surface area contributed by atoms with Gasteiger partial charge in [0.2, 0.25) is 5.91 Å². The molecule has 3 nitrogen and oxygen atoms in total. The molecule has 2 heterocycles. The third kappa shape index (κ3) is 4.95. The molecule has 1 saturated heterocycles. The van der Waals surface area contributed by atoms with E-state index >= 15 is 0 Å². The molecule has 1 aromatic heterocycles. The number of benzene rings is 1. The van der Waals surface area contributed by atoms with Gasteiger partial charge in [-0.1, -0.05) is 40.9 Å². The second-order valence-corrected chi connectivity index (χ2v) is 9.43. The monoisotopic (exact) mass is 422 g/mol. The predicted molar refractivity (Wildman–Crippen MR) is 123 cm³/mol. The zero-order chi connectivity index (χ0) is 21.1. The zero-order valence-corrected chi connectivity index (χ0v) is 18.8. The van der Waals surface area contributed by atoms with Crippen LogP contribution in [0.5, 0.6) is 0 Å². The second-order valence-electron chi connectivity index (χ2n) is 9.00. The smallest absolute Gasteiger partial charge is 0.226 e. The summed E-state index contributed by atoms with van der Waals surface area (Å²) in [5, 5.41) is 0.771. The number of pyridine rings is 1. The van der Waals surface area contributed by atoms with Gasteiger partial charge in [0.1, 0.15) is 0 Å². The maximum absolute atomic E-state index is 13.0. The number of carbonyl (C=O) groups is 1. The molecule has 2 aliphatic rings. The first-order chi connectivity index (χ1) is 14.5. The lowest BCUT2D eigenvalue weighted by atomic mass is 9.83. The van der Waals surface area contributed by atoms with Crippen molar-refractivity contribution in [2.45, 2.75) is 58.3 Å². The van der Waals surface area contributed by atoms with Gasteiger partial charge in [-0.25, -0.2) is 0 Å². The number of aromatic nitrogens is 1. The van der Waals surface area contributed by atoms with Crippen LogP contribution in [0.25, 0.3) is 0 Å². The van der Waals surface area contributed by atoms with Gasteiger partial charge in [-0.15, -0.1) is 0 Å². The average Bonchev–Trinajstić information content (AvgIpc) is 2.76.